The summed E-state index contributed by atoms with van der Waals surface area (Å²) in [5.41, 5.74) is 10.1. The number of aryl methyl sites for hydroxylation is 2. The van der Waals surface area contributed by atoms with Crippen molar-refractivity contribution < 1.29 is 9.59 Å². The molecule has 5 rings (SSSR count). The first kappa shape index (κ1) is 21.9. The van der Waals surface area contributed by atoms with Gasteiger partial charge in [-0.1, -0.05) is 36.9 Å². The maximum atomic E-state index is 13.3. The summed E-state index contributed by atoms with van der Waals surface area (Å²) in [5, 5.41) is 13.7. The van der Waals surface area contributed by atoms with Crippen LogP contribution in [-0.4, -0.2) is 31.7 Å². The first-order valence-electron chi connectivity index (χ1n) is 11.1. The van der Waals surface area contributed by atoms with Gasteiger partial charge >= 0.3 is 0 Å². The summed E-state index contributed by atoms with van der Waals surface area (Å²) in [6, 6.07) is 10.1. The van der Waals surface area contributed by atoms with Gasteiger partial charge in [-0.05, 0) is 62.3 Å². The van der Waals surface area contributed by atoms with Crippen LogP contribution >= 0.6 is 23.1 Å². The van der Waals surface area contributed by atoms with Gasteiger partial charge in [-0.3, -0.25) is 14.0 Å². The number of anilines is 1. The van der Waals surface area contributed by atoms with Gasteiger partial charge in [0.2, 0.25) is 5.91 Å². The molecule has 1 aromatic carbocycles. The number of para-hydroxylation sites is 1. The molecule has 3 aromatic heterocycles. The van der Waals surface area contributed by atoms with Crippen LogP contribution in [0.25, 0.3) is 16.6 Å². The lowest BCUT2D eigenvalue weighted by Crippen LogP contribution is -2.26. The number of rotatable bonds is 6. The van der Waals surface area contributed by atoms with E-state index < -0.39 is 11.2 Å². The number of carbonyl (C=O) groups is 2. The number of aromatic nitrogens is 3. The number of primary amides is 1. The monoisotopic (exact) mass is 479 g/mol. The number of hydrogen-bond donors (Lipinski definition) is 2. The molecule has 33 heavy (non-hydrogen) atoms. The van der Waals surface area contributed by atoms with E-state index in [2.05, 4.69) is 28.5 Å². The molecule has 2 amide bonds. The van der Waals surface area contributed by atoms with E-state index in [1.165, 1.54) is 23.1 Å². The zero-order chi connectivity index (χ0) is 23.1. The lowest BCUT2D eigenvalue weighted by Gasteiger charge is -2.14. The number of nitrogens with zero attached hydrogens (tertiary/aromatic N) is 3. The van der Waals surface area contributed by atoms with Crippen molar-refractivity contribution >= 4 is 56.5 Å². The molecule has 1 atom stereocenters. The Balaban J connectivity index is 1.46. The van der Waals surface area contributed by atoms with Crippen molar-refractivity contribution in [1.82, 2.24) is 14.6 Å². The number of nitrogens with one attached hydrogen (secondary N) is 1. The number of carbonyl (C=O) groups excluding carboxylic acids is 2. The van der Waals surface area contributed by atoms with Gasteiger partial charge in [0, 0.05) is 10.3 Å². The van der Waals surface area contributed by atoms with E-state index in [4.69, 9.17) is 5.73 Å². The van der Waals surface area contributed by atoms with Gasteiger partial charge in [-0.2, -0.15) is 0 Å². The largest absolute Gasteiger partial charge is 0.365 e. The van der Waals surface area contributed by atoms with Gasteiger partial charge in [0.25, 0.3) is 5.91 Å². The van der Waals surface area contributed by atoms with Crippen molar-refractivity contribution in [2.24, 2.45) is 5.73 Å². The van der Waals surface area contributed by atoms with Gasteiger partial charge in [0.15, 0.2) is 10.8 Å². The molecular formula is C24H25N5O2S2. The van der Waals surface area contributed by atoms with Gasteiger partial charge in [-0.25, -0.2) is 0 Å². The summed E-state index contributed by atoms with van der Waals surface area (Å²) >= 11 is 2.87. The van der Waals surface area contributed by atoms with Crippen LogP contribution in [0, 0.1) is 6.92 Å². The standard InChI is InChI=1S/C24H25N5O2S2/c1-3-17(22(31)26-23-20(21(25)30)15-9-5-7-11-18(15)32-23)33-24-28-27-19-12-13(2)14-8-4-6-10-16(14)29(19)24/h4,6,8,10,12,17H,3,5,7,9,11H2,1-2H3,(H2,25,30)(H,26,31). The number of nitrogens with two attached hydrogens (primary N) is 1. The number of fused-ring (bicyclic) bond motifs is 4. The van der Waals surface area contributed by atoms with Crippen molar-refractivity contribution in [2.75, 3.05) is 5.32 Å². The smallest absolute Gasteiger partial charge is 0.251 e. The first-order valence-corrected chi connectivity index (χ1v) is 12.8. The molecule has 0 aliphatic heterocycles. The topological polar surface area (TPSA) is 102 Å². The van der Waals surface area contributed by atoms with E-state index >= 15 is 0 Å². The third-order valence-electron chi connectivity index (χ3n) is 6.14. The Hall–Kier alpha value is -2.91. The van der Waals surface area contributed by atoms with Crippen molar-refractivity contribution in [3.05, 3.63) is 51.9 Å². The summed E-state index contributed by atoms with van der Waals surface area (Å²) < 4.78 is 2.00. The third kappa shape index (κ3) is 3.89. The molecule has 3 heterocycles. The van der Waals surface area contributed by atoms with Crippen LogP contribution in [0.4, 0.5) is 5.00 Å². The fourth-order valence-electron chi connectivity index (χ4n) is 4.51. The van der Waals surface area contributed by atoms with Crippen LogP contribution in [0.2, 0.25) is 0 Å². The summed E-state index contributed by atoms with van der Waals surface area (Å²) in [5.74, 6) is -0.632. The lowest BCUT2D eigenvalue weighted by atomic mass is 9.95. The Kier molecular flexibility index (Phi) is 5.84. The minimum Gasteiger partial charge on any atom is -0.365 e. The molecule has 0 fully saturated rings. The highest BCUT2D eigenvalue weighted by Gasteiger charge is 2.28. The summed E-state index contributed by atoms with van der Waals surface area (Å²) in [6.07, 6.45) is 4.51. The van der Waals surface area contributed by atoms with Crippen LogP contribution in [0.1, 0.15) is 52.5 Å². The van der Waals surface area contributed by atoms with Gasteiger partial charge in [0.1, 0.15) is 5.00 Å². The summed E-state index contributed by atoms with van der Waals surface area (Å²) in [4.78, 5) is 26.6. The Morgan fingerprint density at radius 1 is 1.24 bits per heavy atom. The Bertz CT molecular complexity index is 1390. The number of benzene rings is 1. The number of thioether (sulfide) groups is 1. The molecule has 170 valence electrons. The molecular weight excluding hydrogens is 454 g/mol. The van der Waals surface area contributed by atoms with E-state index in [0.717, 1.165) is 58.2 Å². The highest BCUT2D eigenvalue weighted by Crippen LogP contribution is 2.38. The fourth-order valence-corrected chi connectivity index (χ4v) is 6.78. The number of amides is 2. The molecule has 7 nitrogen and oxygen atoms in total. The lowest BCUT2D eigenvalue weighted by molar-refractivity contribution is -0.115. The molecule has 3 N–H and O–H groups in total. The quantitative estimate of drug-likeness (QED) is 0.389. The normalized spacial score (nSPS) is 14.4. The van der Waals surface area contributed by atoms with Gasteiger partial charge in [-0.15, -0.1) is 21.5 Å². The highest BCUT2D eigenvalue weighted by atomic mass is 32.2. The summed E-state index contributed by atoms with van der Waals surface area (Å²) in [6.45, 7) is 4.03. The van der Waals surface area contributed by atoms with Crippen LogP contribution in [-0.2, 0) is 17.6 Å². The predicted molar refractivity (Wildman–Crippen MR) is 133 cm³/mol. The van der Waals surface area contributed by atoms with E-state index in [9.17, 15) is 9.59 Å². The Labute approximate surface area is 199 Å². The molecule has 0 radical (unpaired) electrons. The van der Waals surface area contributed by atoms with Crippen LogP contribution in [0.5, 0.6) is 0 Å². The summed E-state index contributed by atoms with van der Waals surface area (Å²) in [7, 11) is 0. The first-order chi connectivity index (χ1) is 16.0. The molecule has 1 unspecified atom stereocenters. The minimum atomic E-state index is -0.476. The maximum absolute atomic E-state index is 13.3. The molecule has 1 aliphatic carbocycles. The third-order valence-corrected chi connectivity index (χ3v) is 8.65. The van der Waals surface area contributed by atoms with Crippen LogP contribution in [0.3, 0.4) is 0 Å². The molecule has 9 heteroatoms. The van der Waals surface area contributed by atoms with Gasteiger partial charge in [0.05, 0.1) is 16.3 Å². The Morgan fingerprint density at radius 3 is 2.82 bits per heavy atom. The molecule has 4 aromatic rings. The maximum Gasteiger partial charge on any atom is 0.251 e. The molecule has 0 bridgehead atoms. The fraction of sp³-hybridized carbons (Fsp3) is 0.333. The Morgan fingerprint density at radius 2 is 2.03 bits per heavy atom. The number of hydrogen-bond acceptors (Lipinski definition) is 6. The second-order valence-electron chi connectivity index (χ2n) is 8.30. The predicted octanol–water partition coefficient (Wildman–Crippen LogP) is 4.74. The second kappa shape index (κ2) is 8.79. The zero-order valence-electron chi connectivity index (χ0n) is 18.6. The van der Waals surface area contributed by atoms with Crippen molar-refractivity contribution in [3.8, 4) is 0 Å². The highest BCUT2D eigenvalue weighted by molar-refractivity contribution is 8.00. The van der Waals surface area contributed by atoms with Crippen molar-refractivity contribution in [1.29, 1.82) is 0 Å². The van der Waals surface area contributed by atoms with Gasteiger partial charge < -0.3 is 11.1 Å². The van der Waals surface area contributed by atoms with Crippen molar-refractivity contribution in [2.45, 2.75) is 56.4 Å². The van der Waals surface area contributed by atoms with Crippen molar-refractivity contribution in [3.63, 3.8) is 0 Å². The zero-order valence-corrected chi connectivity index (χ0v) is 20.2. The van der Waals surface area contributed by atoms with E-state index in [-0.39, 0.29) is 5.91 Å². The van der Waals surface area contributed by atoms with E-state index in [1.807, 2.05) is 35.6 Å². The van der Waals surface area contributed by atoms with Crippen LogP contribution in [0.15, 0.2) is 35.5 Å². The minimum absolute atomic E-state index is 0.156. The molecule has 0 saturated heterocycles. The average Bonchev–Trinajstić information content (AvgIpc) is 3.38. The van der Waals surface area contributed by atoms with E-state index in [0.29, 0.717) is 22.1 Å². The SMILES string of the molecule is CCC(Sc1nnc2cc(C)c3ccccc3n12)C(=O)Nc1sc2c(c1C(N)=O)CCCC2. The molecule has 0 spiro atoms. The molecule has 1 aliphatic rings. The average molecular weight is 480 g/mol. The van der Waals surface area contributed by atoms with Crippen LogP contribution < -0.4 is 11.1 Å². The van der Waals surface area contributed by atoms with E-state index in [1.54, 1.807) is 0 Å². The molecule has 0 saturated carbocycles. The second-order valence-corrected chi connectivity index (χ2v) is 10.6. The number of pyridine rings is 1. The number of thiophene rings is 1.